The van der Waals surface area contributed by atoms with Crippen molar-refractivity contribution in [3.05, 3.63) is 40.8 Å². The van der Waals surface area contributed by atoms with Gasteiger partial charge in [0.2, 0.25) is 0 Å². The molecule has 108 valence electrons. The fraction of sp³-hybridized carbons (Fsp3) is 0.357. The van der Waals surface area contributed by atoms with Gasteiger partial charge in [0.25, 0.3) is 0 Å². The van der Waals surface area contributed by atoms with Crippen LogP contribution >= 0.6 is 11.3 Å². The van der Waals surface area contributed by atoms with Crippen molar-refractivity contribution in [2.45, 2.75) is 31.2 Å². The van der Waals surface area contributed by atoms with Crippen molar-refractivity contribution in [3.63, 3.8) is 0 Å². The number of hydrogen-bond acceptors (Lipinski definition) is 5. The molecule has 1 heterocycles. The first-order chi connectivity index (χ1) is 9.54. The smallest absolute Gasteiger partial charge is 0.180 e. The Bertz CT molecular complexity index is 652. The highest BCUT2D eigenvalue weighted by Crippen LogP contribution is 2.27. The molecule has 1 atom stereocenters. The van der Waals surface area contributed by atoms with E-state index in [1.807, 2.05) is 25.3 Å². The van der Waals surface area contributed by atoms with Gasteiger partial charge in [0.05, 0.1) is 22.4 Å². The molecule has 2 aromatic rings. The first kappa shape index (κ1) is 15.0. The minimum absolute atomic E-state index is 0.0204. The van der Waals surface area contributed by atoms with E-state index < -0.39 is 9.84 Å². The lowest BCUT2D eigenvalue weighted by molar-refractivity contribution is 0.595. The Morgan fingerprint density at radius 2 is 2.10 bits per heavy atom. The molecule has 0 amide bonds. The number of rotatable bonds is 6. The standard InChI is InChI=1S/C14H18N2O2S2/c1-3-10-20(17,18)13-7-5-4-6-12(13)16-11(2)14-15-8-9-19-14/h4-9,11,16H,3,10H2,1-2H3. The van der Waals surface area contributed by atoms with Crippen LogP contribution in [0.1, 0.15) is 31.3 Å². The second-order valence-electron chi connectivity index (χ2n) is 4.55. The van der Waals surface area contributed by atoms with Gasteiger partial charge >= 0.3 is 0 Å². The van der Waals surface area contributed by atoms with Crippen LogP contribution in [0.25, 0.3) is 0 Å². The fourth-order valence-electron chi connectivity index (χ4n) is 1.98. The van der Waals surface area contributed by atoms with Crippen LogP contribution in [0.2, 0.25) is 0 Å². The van der Waals surface area contributed by atoms with Crippen LogP contribution in [-0.2, 0) is 9.84 Å². The summed E-state index contributed by atoms with van der Waals surface area (Å²) in [6, 6.07) is 7.02. The molecule has 4 nitrogen and oxygen atoms in total. The molecule has 1 unspecified atom stereocenters. The molecule has 1 aromatic heterocycles. The number of benzene rings is 1. The highest BCUT2D eigenvalue weighted by molar-refractivity contribution is 7.91. The third kappa shape index (κ3) is 3.37. The van der Waals surface area contributed by atoms with Crippen molar-refractivity contribution in [1.29, 1.82) is 0 Å². The number of anilines is 1. The SMILES string of the molecule is CCCS(=O)(=O)c1ccccc1NC(C)c1nccs1. The molecule has 0 bridgehead atoms. The Morgan fingerprint density at radius 3 is 2.75 bits per heavy atom. The van der Waals surface area contributed by atoms with Crippen LogP contribution in [-0.4, -0.2) is 19.2 Å². The first-order valence-corrected chi connectivity index (χ1v) is 9.05. The number of nitrogens with one attached hydrogen (secondary N) is 1. The van der Waals surface area contributed by atoms with Gasteiger partial charge in [0, 0.05) is 11.6 Å². The minimum Gasteiger partial charge on any atom is -0.375 e. The molecule has 0 fully saturated rings. The Labute approximate surface area is 123 Å². The average molecular weight is 310 g/mol. The van der Waals surface area contributed by atoms with E-state index in [1.54, 1.807) is 35.7 Å². The summed E-state index contributed by atoms with van der Waals surface area (Å²) >= 11 is 1.55. The van der Waals surface area contributed by atoms with Crippen LogP contribution in [0, 0.1) is 0 Å². The van der Waals surface area contributed by atoms with E-state index in [-0.39, 0.29) is 11.8 Å². The van der Waals surface area contributed by atoms with Gasteiger partial charge in [-0.15, -0.1) is 11.3 Å². The van der Waals surface area contributed by atoms with E-state index in [0.717, 1.165) is 5.01 Å². The summed E-state index contributed by atoms with van der Waals surface area (Å²) in [5.41, 5.74) is 0.642. The van der Waals surface area contributed by atoms with Crippen molar-refractivity contribution in [3.8, 4) is 0 Å². The Morgan fingerprint density at radius 1 is 1.35 bits per heavy atom. The van der Waals surface area contributed by atoms with Crippen molar-refractivity contribution < 1.29 is 8.42 Å². The van der Waals surface area contributed by atoms with E-state index in [1.165, 1.54) is 0 Å². The highest BCUT2D eigenvalue weighted by Gasteiger charge is 2.19. The second kappa shape index (κ2) is 6.37. The first-order valence-electron chi connectivity index (χ1n) is 6.52. The molecule has 0 saturated heterocycles. The molecular weight excluding hydrogens is 292 g/mol. The average Bonchev–Trinajstić information content (AvgIpc) is 2.93. The molecule has 0 aliphatic carbocycles. The van der Waals surface area contributed by atoms with Crippen molar-refractivity contribution in [1.82, 2.24) is 4.98 Å². The van der Waals surface area contributed by atoms with Gasteiger partial charge in [0.1, 0.15) is 5.01 Å². The van der Waals surface area contributed by atoms with Crippen molar-refractivity contribution >= 4 is 26.9 Å². The molecule has 2 rings (SSSR count). The maximum Gasteiger partial charge on any atom is 0.180 e. The van der Waals surface area contributed by atoms with Gasteiger partial charge in [-0.05, 0) is 25.5 Å². The van der Waals surface area contributed by atoms with Gasteiger partial charge < -0.3 is 5.32 Å². The number of para-hydroxylation sites is 1. The zero-order valence-electron chi connectivity index (χ0n) is 11.5. The maximum absolute atomic E-state index is 12.3. The summed E-state index contributed by atoms with van der Waals surface area (Å²) in [6.07, 6.45) is 2.36. The summed E-state index contributed by atoms with van der Waals surface area (Å²) < 4.78 is 24.5. The fourth-order valence-corrected chi connectivity index (χ4v) is 4.13. The summed E-state index contributed by atoms with van der Waals surface area (Å²) in [5, 5.41) is 6.09. The van der Waals surface area contributed by atoms with Crippen LogP contribution in [0.5, 0.6) is 0 Å². The molecule has 0 aliphatic rings. The van der Waals surface area contributed by atoms with Gasteiger partial charge in [-0.3, -0.25) is 0 Å². The van der Waals surface area contributed by atoms with Crippen LogP contribution in [0.15, 0.2) is 40.7 Å². The molecule has 1 aromatic carbocycles. The topological polar surface area (TPSA) is 59.1 Å². The molecule has 0 spiro atoms. The molecule has 20 heavy (non-hydrogen) atoms. The lowest BCUT2D eigenvalue weighted by Crippen LogP contribution is -2.12. The highest BCUT2D eigenvalue weighted by atomic mass is 32.2. The summed E-state index contributed by atoms with van der Waals surface area (Å²) in [4.78, 5) is 4.61. The molecule has 0 aliphatic heterocycles. The largest absolute Gasteiger partial charge is 0.375 e. The number of thiazole rings is 1. The van der Waals surface area contributed by atoms with E-state index in [9.17, 15) is 8.42 Å². The number of nitrogens with zero attached hydrogens (tertiary/aromatic N) is 1. The number of hydrogen-bond donors (Lipinski definition) is 1. The summed E-state index contributed by atoms with van der Waals surface area (Å²) in [7, 11) is -3.23. The van der Waals surface area contributed by atoms with E-state index >= 15 is 0 Å². The zero-order valence-corrected chi connectivity index (χ0v) is 13.2. The van der Waals surface area contributed by atoms with Gasteiger partial charge in [-0.1, -0.05) is 19.1 Å². The lowest BCUT2D eigenvalue weighted by atomic mass is 10.2. The van der Waals surface area contributed by atoms with Crippen LogP contribution in [0.4, 0.5) is 5.69 Å². The van der Waals surface area contributed by atoms with Gasteiger partial charge in [-0.25, -0.2) is 13.4 Å². The predicted octanol–water partition coefficient (Wildman–Crippen LogP) is 3.50. The quantitative estimate of drug-likeness (QED) is 0.887. The van der Waals surface area contributed by atoms with Crippen molar-refractivity contribution in [2.24, 2.45) is 0 Å². The third-order valence-electron chi connectivity index (χ3n) is 2.89. The lowest BCUT2D eigenvalue weighted by Gasteiger charge is -2.16. The van der Waals surface area contributed by atoms with Crippen LogP contribution in [0.3, 0.4) is 0 Å². The summed E-state index contributed by atoms with van der Waals surface area (Å²) in [5.74, 6) is 0.164. The van der Waals surface area contributed by atoms with E-state index in [0.29, 0.717) is 17.0 Å². The molecule has 6 heteroatoms. The molecule has 0 radical (unpaired) electrons. The molecule has 0 saturated carbocycles. The summed E-state index contributed by atoms with van der Waals surface area (Å²) in [6.45, 7) is 3.84. The predicted molar refractivity (Wildman–Crippen MR) is 82.9 cm³/mol. The Kier molecular flexibility index (Phi) is 4.77. The van der Waals surface area contributed by atoms with Gasteiger partial charge in [0.15, 0.2) is 9.84 Å². The number of aromatic nitrogens is 1. The Balaban J connectivity index is 2.29. The van der Waals surface area contributed by atoms with Crippen molar-refractivity contribution in [2.75, 3.05) is 11.1 Å². The minimum atomic E-state index is -3.23. The monoisotopic (exact) mass is 310 g/mol. The zero-order chi connectivity index (χ0) is 14.6. The van der Waals surface area contributed by atoms with Gasteiger partial charge in [-0.2, -0.15) is 0 Å². The molecule has 1 N–H and O–H groups in total. The Hall–Kier alpha value is -1.40. The van der Waals surface area contributed by atoms with Crippen LogP contribution < -0.4 is 5.32 Å². The number of sulfone groups is 1. The second-order valence-corrected chi connectivity index (χ2v) is 7.56. The normalized spacial score (nSPS) is 13.1. The van der Waals surface area contributed by atoms with E-state index in [2.05, 4.69) is 10.3 Å². The molecular formula is C14H18N2O2S2. The maximum atomic E-state index is 12.3. The third-order valence-corrected chi connectivity index (χ3v) is 5.82. The van der Waals surface area contributed by atoms with E-state index in [4.69, 9.17) is 0 Å².